The van der Waals surface area contributed by atoms with E-state index in [1.165, 1.54) is 6.42 Å². The molecule has 1 heterocycles. The minimum absolute atomic E-state index is 0.106. The van der Waals surface area contributed by atoms with Gasteiger partial charge in [0, 0.05) is 18.7 Å². The van der Waals surface area contributed by atoms with E-state index in [0.717, 1.165) is 31.5 Å². The highest BCUT2D eigenvalue weighted by Gasteiger charge is 2.22. The molecule has 0 saturated carbocycles. The first-order valence-electron chi connectivity index (χ1n) is 7.72. The van der Waals surface area contributed by atoms with E-state index >= 15 is 0 Å². The molecule has 4 N–H and O–H groups in total. The number of aliphatic hydroxyl groups excluding tert-OH is 1. The van der Waals surface area contributed by atoms with Gasteiger partial charge in [-0.25, -0.2) is 0 Å². The molecule has 5 heteroatoms. The number of aliphatic hydroxyl groups is 1. The van der Waals surface area contributed by atoms with Crippen LogP contribution in [-0.2, 0) is 0 Å². The Morgan fingerprint density at radius 2 is 2.24 bits per heavy atom. The molecular formula is C16H25N3O2. The Bertz CT molecular complexity index is 490. The Morgan fingerprint density at radius 1 is 1.43 bits per heavy atom. The molecule has 0 aliphatic carbocycles. The SMILES string of the molecule is CCNC(=O)c1ccc(N2CCCCCC2CO)c(N)c1. The first-order chi connectivity index (χ1) is 10.2. The molecule has 0 aromatic heterocycles. The van der Waals surface area contributed by atoms with Crippen molar-refractivity contribution in [3.05, 3.63) is 23.8 Å². The molecule has 2 rings (SSSR count). The Balaban J connectivity index is 2.24. The van der Waals surface area contributed by atoms with E-state index in [0.29, 0.717) is 17.8 Å². The zero-order valence-corrected chi connectivity index (χ0v) is 12.6. The summed E-state index contributed by atoms with van der Waals surface area (Å²) in [5.41, 5.74) is 8.24. The smallest absolute Gasteiger partial charge is 0.251 e. The van der Waals surface area contributed by atoms with E-state index in [1.54, 1.807) is 12.1 Å². The maximum Gasteiger partial charge on any atom is 0.251 e. The van der Waals surface area contributed by atoms with Gasteiger partial charge in [0.25, 0.3) is 5.91 Å². The van der Waals surface area contributed by atoms with Gasteiger partial charge in [0.05, 0.1) is 24.0 Å². The monoisotopic (exact) mass is 291 g/mol. The van der Waals surface area contributed by atoms with Gasteiger partial charge in [-0.3, -0.25) is 4.79 Å². The highest BCUT2D eigenvalue weighted by molar-refractivity contribution is 5.96. The highest BCUT2D eigenvalue weighted by atomic mass is 16.3. The van der Waals surface area contributed by atoms with Crippen molar-refractivity contribution in [1.82, 2.24) is 5.32 Å². The number of carbonyl (C=O) groups is 1. The molecule has 1 fully saturated rings. The molecule has 1 atom stereocenters. The van der Waals surface area contributed by atoms with Gasteiger partial charge in [-0.05, 0) is 38.0 Å². The van der Waals surface area contributed by atoms with Crippen molar-refractivity contribution in [3.8, 4) is 0 Å². The summed E-state index contributed by atoms with van der Waals surface area (Å²) in [4.78, 5) is 14.0. The number of amides is 1. The Labute approximate surface area is 126 Å². The molecule has 0 bridgehead atoms. The second kappa shape index (κ2) is 7.31. The number of carbonyl (C=O) groups excluding carboxylic acids is 1. The Morgan fingerprint density at radius 3 is 2.90 bits per heavy atom. The highest BCUT2D eigenvalue weighted by Crippen LogP contribution is 2.29. The minimum Gasteiger partial charge on any atom is -0.397 e. The van der Waals surface area contributed by atoms with Crippen molar-refractivity contribution in [3.63, 3.8) is 0 Å². The van der Waals surface area contributed by atoms with Crippen LogP contribution in [0.2, 0.25) is 0 Å². The fraction of sp³-hybridized carbons (Fsp3) is 0.562. The van der Waals surface area contributed by atoms with Crippen LogP contribution in [0.5, 0.6) is 0 Å². The van der Waals surface area contributed by atoms with Crippen LogP contribution in [0.15, 0.2) is 18.2 Å². The predicted octanol–water partition coefficient (Wildman–Crippen LogP) is 1.76. The lowest BCUT2D eigenvalue weighted by Crippen LogP contribution is -2.38. The number of hydrogen-bond acceptors (Lipinski definition) is 4. The maximum absolute atomic E-state index is 11.8. The predicted molar refractivity (Wildman–Crippen MR) is 85.5 cm³/mol. The largest absolute Gasteiger partial charge is 0.397 e. The summed E-state index contributed by atoms with van der Waals surface area (Å²) in [6.07, 6.45) is 4.41. The van der Waals surface area contributed by atoms with Crippen molar-refractivity contribution in [2.45, 2.75) is 38.6 Å². The van der Waals surface area contributed by atoms with E-state index < -0.39 is 0 Å². The van der Waals surface area contributed by atoms with Crippen molar-refractivity contribution < 1.29 is 9.90 Å². The molecule has 1 amide bonds. The van der Waals surface area contributed by atoms with Crippen LogP contribution in [-0.4, -0.2) is 36.8 Å². The van der Waals surface area contributed by atoms with Gasteiger partial charge in [-0.1, -0.05) is 12.8 Å². The summed E-state index contributed by atoms with van der Waals surface area (Å²) in [5.74, 6) is -0.106. The lowest BCUT2D eigenvalue weighted by molar-refractivity contribution is 0.0956. The average Bonchev–Trinajstić information content (AvgIpc) is 2.72. The molecule has 1 aliphatic rings. The molecule has 21 heavy (non-hydrogen) atoms. The normalized spacial score (nSPS) is 19.1. The number of nitrogen functional groups attached to an aromatic ring is 1. The maximum atomic E-state index is 11.8. The summed E-state index contributed by atoms with van der Waals surface area (Å²) < 4.78 is 0. The zero-order valence-electron chi connectivity index (χ0n) is 12.6. The molecule has 1 aromatic carbocycles. The molecule has 116 valence electrons. The molecule has 1 unspecified atom stereocenters. The van der Waals surface area contributed by atoms with Crippen molar-refractivity contribution in [2.75, 3.05) is 30.3 Å². The van der Waals surface area contributed by atoms with Gasteiger partial charge in [0.15, 0.2) is 0 Å². The number of nitrogens with zero attached hydrogens (tertiary/aromatic N) is 1. The first kappa shape index (κ1) is 15.6. The van der Waals surface area contributed by atoms with Crippen LogP contribution in [0.3, 0.4) is 0 Å². The number of rotatable bonds is 4. The van der Waals surface area contributed by atoms with Gasteiger partial charge < -0.3 is 21.1 Å². The standard InChI is InChI=1S/C16H25N3O2/c1-2-18-16(21)12-7-8-15(14(17)10-12)19-9-5-3-4-6-13(19)11-20/h7-8,10,13,20H,2-6,9,11,17H2,1H3,(H,18,21). The van der Waals surface area contributed by atoms with Gasteiger partial charge in [-0.15, -0.1) is 0 Å². The molecular weight excluding hydrogens is 266 g/mol. The molecule has 0 radical (unpaired) electrons. The number of nitrogens with one attached hydrogen (secondary N) is 1. The zero-order chi connectivity index (χ0) is 15.2. The van der Waals surface area contributed by atoms with E-state index in [9.17, 15) is 9.90 Å². The molecule has 1 aromatic rings. The van der Waals surface area contributed by atoms with Crippen molar-refractivity contribution in [1.29, 1.82) is 0 Å². The lowest BCUT2D eigenvalue weighted by Gasteiger charge is -2.32. The topological polar surface area (TPSA) is 78.6 Å². The third-order valence-corrected chi connectivity index (χ3v) is 4.02. The summed E-state index contributed by atoms with van der Waals surface area (Å²) in [6, 6.07) is 5.54. The third-order valence-electron chi connectivity index (χ3n) is 4.02. The second-order valence-corrected chi connectivity index (χ2v) is 5.51. The molecule has 0 spiro atoms. The van der Waals surface area contributed by atoms with Gasteiger partial charge in [0.1, 0.15) is 0 Å². The van der Waals surface area contributed by atoms with E-state index in [-0.39, 0.29) is 18.6 Å². The van der Waals surface area contributed by atoms with Gasteiger partial charge in [-0.2, -0.15) is 0 Å². The van der Waals surface area contributed by atoms with Crippen LogP contribution < -0.4 is 16.0 Å². The number of hydrogen-bond donors (Lipinski definition) is 3. The average molecular weight is 291 g/mol. The second-order valence-electron chi connectivity index (χ2n) is 5.51. The third kappa shape index (κ3) is 3.67. The van der Waals surface area contributed by atoms with Crippen molar-refractivity contribution in [2.24, 2.45) is 0 Å². The number of nitrogens with two attached hydrogens (primary N) is 1. The first-order valence-corrected chi connectivity index (χ1v) is 7.72. The van der Waals surface area contributed by atoms with E-state index in [4.69, 9.17) is 5.73 Å². The quantitative estimate of drug-likeness (QED) is 0.739. The van der Waals surface area contributed by atoms with E-state index in [2.05, 4.69) is 10.2 Å². The Kier molecular flexibility index (Phi) is 5.44. The van der Waals surface area contributed by atoms with Crippen LogP contribution in [0.4, 0.5) is 11.4 Å². The Hall–Kier alpha value is -1.75. The van der Waals surface area contributed by atoms with Gasteiger partial charge in [0.2, 0.25) is 0 Å². The molecule has 5 nitrogen and oxygen atoms in total. The fourth-order valence-corrected chi connectivity index (χ4v) is 2.90. The summed E-state index contributed by atoms with van der Waals surface area (Å²) in [5, 5.41) is 12.4. The fourth-order valence-electron chi connectivity index (χ4n) is 2.90. The van der Waals surface area contributed by atoms with Crippen LogP contribution in [0.25, 0.3) is 0 Å². The number of benzene rings is 1. The molecule has 1 saturated heterocycles. The van der Waals surface area contributed by atoms with Crippen LogP contribution in [0, 0.1) is 0 Å². The van der Waals surface area contributed by atoms with Crippen molar-refractivity contribution >= 4 is 17.3 Å². The molecule has 1 aliphatic heterocycles. The van der Waals surface area contributed by atoms with Gasteiger partial charge >= 0.3 is 0 Å². The minimum atomic E-state index is -0.106. The lowest BCUT2D eigenvalue weighted by atomic mass is 10.1. The number of anilines is 2. The summed E-state index contributed by atoms with van der Waals surface area (Å²) in [6.45, 7) is 3.52. The van der Waals surface area contributed by atoms with E-state index in [1.807, 2.05) is 13.0 Å². The van der Waals surface area contributed by atoms with Crippen LogP contribution in [0.1, 0.15) is 43.0 Å². The summed E-state index contributed by atoms with van der Waals surface area (Å²) >= 11 is 0. The summed E-state index contributed by atoms with van der Waals surface area (Å²) in [7, 11) is 0. The van der Waals surface area contributed by atoms with Crippen LogP contribution >= 0.6 is 0 Å².